The van der Waals surface area contributed by atoms with E-state index in [9.17, 15) is 23.2 Å². The predicted octanol–water partition coefficient (Wildman–Crippen LogP) is 2.71. The number of nitrogens with zero attached hydrogens (tertiary/aromatic N) is 2. The van der Waals surface area contributed by atoms with Crippen LogP contribution in [0.2, 0.25) is 0 Å². The summed E-state index contributed by atoms with van der Waals surface area (Å²) in [7, 11) is -3.92. The van der Waals surface area contributed by atoms with Gasteiger partial charge in [-0.3, -0.25) is 14.8 Å². The third-order valence-corrected chi connectivity index (χ3v) is 6.84. The van der Waals surface area contributed by atoms with Gasteiger partial charge in [0.15, 0.2) is 5.78 Å². The maximum Gasteiger partial charge on any atom is 0.247 e. The van der Waals surface area contributed by atoms with Crippen molar-refractivity contribution in [3.63, 3.8) is 0 Å². The summed E-state index contributed by atoms with van der Waals surface area (Å²) >= 11 is 0. The average molecular weight is 402 g/mol. The van der Waals surface area contributed by atoms with Gasteiger partial charge in [-0.1, -0.05) is 42.5 Å². The number of sulfonamides is 1. The molecule has 1 fully saturated rings. The molecule has 0 aliphatic carbocycles. The number of ketones is 1. The van der Waals surface area contributed by atoms with Crippen molar-refractivity contribution < 1.29 is 23.2 Å². The molecule has 0 saturated carbocycles. The lowest BCUT2D eigenvalue weighted by atomic mass is 9.90. The Morgan fingerprint density at radius 1 is 1.00 bits per heavy atom. The zero-order valence-electron chi connectivity index (χ0n) is 15.5. The summed E-state index contributed by atoms with van der Waals surface area (Å²) in [5, 5.41) is 10.3. The van der Waals surface area contributed by atoms with Gasteiger partial charge in [0.2, 0.25) is 15.9 Å². The largest absolute Gasteiger partial charge is 0.294 e. The summed E-state index contributed by atoms with van der Waals surface area (Å²) in [5.74, 6) is -0.887. The molecule has 2 aromatic rings. The fourth-order valence-corrected chi connectivity index (χ4v) is 4.99. The van der Waals surface area contributed by atoms with Crippen LogP contribution in [0, 0.1) is 5.92 Å². The number of Topliss-reactive ketones (excluding diaryl/α,β-unsaturated/α-hetero) is 1. The number of hydrogen-bond donors (Lipinski definition) is 1. The standard InChI is InChI=1S/C20H22N2O5S/c1-15(23)22(25)18-9-5-6-10-19(18)28(26,27)21-13-11-17(12-14-21)20(24)16-7-3-2-4-8-16/h2-10,17,25H,11-14H2,1H3. The fourth-order valence-electron chi connectivity index (χ4n) is 3.36. The van der Waals surface area contributed by atoms with Crippen molar-refractivity contribution in [1.82, 2.24) is 4.31 Å². The molecular weight excluding hydrogens is 380 g/mol. The number of benzene rings is 2. The van der Waals surface area contributed by atoms with Crippen LogP contribution in [0.5, 0.6) is 0 Å². The zero-order chi connectivity index (χ0) is 20.3. The first-order chi connectivity index (χ1) is 13.3. The molecule has 0 bridgehead atoms. The molecule has 3 rings (SSSR count). The number of hydroxylamine groups is 1. The summed E-state index contributed by atoms with van der Waals surface area (Å²) in [6.07, 6.45) is 0.843. The van der Waals surface area contributed by atoms with E-state index in [4.69, 9.17) is 0 Å². The Labute approximate surface area is 164 Å². The topological polar surface area (TPSA) is 95.0 Å². The van der Waals surface area contributed by atoms with Crippen LogP contribution in [0.4, 0.5) is 5.69 Å². The third-order valence-electron chi connectivity index (χ3n) is 4.89. The zero-order valence-corrected chi connectivity index (χ0v) is 16.3. The van der Waals surface area contributed by atoms with Gasteiger partial charge in [0.25, 0.3) is 0 Å². The Morgan fingerprint density at radius 3 is 2.18 bits per heavy atom. The van der Waals surface area contributed by atoms with Gasteiger partial charge in [0.05, 0.1) is 5.69 Å². The number of amides is 1. The Balaban J connectivity index is 1.77. The maximum absolute atomic E-state index is 13.1. The molecule has 1 aliphatic heterocycles. The first-order valence-electron chi connectivity index (χ1n) is 9.00. The molecular formula is C20H22N2O5S. The molecule has 0 aromatic heterocycles. The first kappa shape index (κ1) is 20.2. The molecule has 0 radical (unpaired) electrons. The lowest BCUT2D eigenvalue weighted by Crippen LogP contribution is -2.41. The van der Waals surface area contributed by atoms with Crippen molar-refractivity contribution in [2.24, 2.45) is 5.92 Å². The summed E-state index contributed by atoms with van der Waals surface area (Å²) in [6, 6.07) is 14.8. The smallest absolute Gasteiger partial charge is 0.247 e. The number of piperidine rings is 1. The molecule has 1 saturated heterocycles. The van der Waals surface area contributed by atoms with E-state index in [1.54, 1.807) is 30.3 Å². The van der Waals surface area contributed by atoms with Gasteiger partial charge in [-0.25, -0.2) is 8.42 Å². The van der Waals surface area contributed by atoms with Crippen molar-refractivity contribution in [3.05, 3.63) is 60.2 Å². The minimum absolute atomic E-state index is 0.0242. The Hall–Kier alpha value is -2.55. The molecule has 2 aromatic carbocycles. The van der Waals surface area contributed by atoms with E-state index in [1.807, 2.05) is 6.07 Å². The normalized spacial score (nSPS) is 15.9. The van der Waals surface area contributed by atoms with Crippen LogP contribution in [0.15, 0.2) is 59.5 Å². The highest BCUT2D eigenvalue weighted by molar-refractivity contribution is 7.89. The molecule has 1 N–H and O–H groups in total. The number of rotatable bonds is 5. The van der Waals surface area contributed by atoms with Crippen molar-refractivity contribution in [1.29, 1.82) is 0 Å². The van der Waals surface area contributed by atoms with Crippen LogP contribution >= 0.6 is 0 Å². The second-order valence-corrected chi connectivity index (χ2v) is 8.61. The number of para-hydroxylation sites is 1. The van der Waals surface area contributed by atoms with Gasteiger partial charge in [-0.2, -0.15) is 9.37 Å². The SMILES string of the molecule is CC(=O)N(O)c1ccccc1S(=O)(=O)N1CCC(C(=O)c2ccccc2)CC1. The van der Waals surface area contributed by atoms with E-state index in [0.717, 1.165) is 6.92 Å². The summed E-state index contributed by atoms with van der Waals surface area (Å²) in [5.41, 5.74) is 0.545. The fraction of sp³-hybridized carbons (Fsp3) is 0.300. The molecule has 1 aliphatic rings. The summed E-state index contributed by atoms with van der Waals surface area (Å²) in [4.78, 5) is 23.9. The predicted molar refractivity (Wildman–Crippen MR) is 104 cm³/mol. The number of anilines is 1. The number of hydrogen-bond acceptors (Lipinski definition) is 5. The molecule has 148 valence electrons. The minimum atomic E-state index is -3.92. The van der Waals surface area contributed by atoms with Crippen LogP contribution in [0.3, 0.4) is 0 Å². The monoisotopic (exact) mass is 402 g/mol. The van der Waals surface area contributed by atoms with Gasteiger partial charge < -0.3 is 0 Å². The van der Waals surface area contributed by atoms with E-state index < -0.39 is 15.9 Å². The number of carbonyl (C=O) groups is 2. The first-order valence-corrected chi connectivity index (χ1v) is 10.4. The maximum atomic E-state index is 13.1. The third kappa shape index (κ3) is 3.99. The molecule has 0 unspecified atom stereocenters. The van der Waals surface area contributed by atoms with E-state index in [0.29, 0.717) is 23.5 Å². The van der Waals surface area contributed by atoms with Gasteiger partial charge in [0, 0.05) is 31.5 Å². The Bertz CT molecular complexity index is 967. The molecule has 0 spiro atoms. The van der Waals surface area contributed by atoms with Gasteiger partial charge >= 0.3 is 0 Å². The molecule has 28 heavy (non-hydrogen) atoms. The highest BCUT2D eigenvalue weighted by atomic mass is 32.2. The second-order valence-electron chi connectivity index (χ2n) is 6.71. The van der Waals surface area contributed by atoms with E-state index in [1.165, 1.54) is 22.5 Å². The average Bonchev–Trinajstić information content (AvgIpc) is 2.73. The number of carbonyl (C=O) groups excluding carboxylic acids is 2. The van der Waals surface area contributed by atoms with Gasteiger partial charge in [-0.05, 0) is 25.0 Å². The van der Waals surface area contributed by atoms with Crippen molar-refractivity contribution >= 4 is 27.4 Å². The van der Waals surface area contributed by atoms with Crippen LogP contribution in [-0.2, 0) is 14.8 Å². The van der Waals surface area contributed by atoms with E-state index in [-0.39, 0.29) is 35.4 Å². The van der Waals surface area contributed by atoms with E-state index in [2.05, 4.69) is 0 Å². The lowest BCUT2D eigenvalue weighted by molar-refractivity contribution is -0.121. The Kier molecular flexibility index (Phi) is 5.93. The molecule has 8 heteroatoms. The molecule has 1 heterocycles. The van der Waals surface area contributed by atoms with Crippen LogP contribution in [0.1, 0.15) is 30.1 Å². The van der Waals surface area contributed by atoms with E-state index >= 15 is 0 Å². The molecule has 0 atom stereocenters. The van der Waals surface area contributed by atoms with Gasteiger partial charge in [0.1, 0.15) is 4.90 Å². The van der Waals surface area contributed by atoms with Crippen molar-refractivity contribution in [2.45, 2.75) is 24.7 Å². The van der Waals surface area contributed by atoms with Crippen molar-refractivity contribution in [3.8, 4) is 0 Å². The molecule has 7 nitrogen and oxygen atoms in total. The van der Waals surface area contributed by atoms with Crippen LogP contribution in [0.25, 0.3) is 0 Å². The van der Waals surface area contributed by atoms with Crippen LogP contribution < -0.4 is 5.06 Å². The molecule has 1 amide bonds. The lowest BCUT2D eigenvalue weighted by Gasteiger charge is -2.31. The Morgan fingerprint density at radius 2 is 1.57 bits per heavy atom. The highest BCUT2D eigenvalue weighted by Gasteiger charge is 2.34. The quantitative estimate of drug-likeness (QED) is 0.471. The summed E-state index contributed by atoms with van der Waals surface area (Å²) < 4.78 is 27.4. The van der Waals surface area contributed by atoms with Gasteiger partial charge in [-0.15, -0.1) is 0 Å². The van der Waals surface area contributed by atoms with Crippen molar-refractivity contribution in [2.75, 3.05) is 18.2 Å². The highest BCUT2D eigenvalue weighted by Crippen LogP contribution is 2.31. The summed E-state index contributed by atoms with van der Waals surface area (Å²) in [6.45, 7) is 1.54. The second kappa shape index (κ2) is 8.22. The minimum Gasteiger partial charge on any atom is -0.294 e. The van der Waals surface area contributed by atoms with Crippen LogP contribution in [-0.4, -0.2) is 42.7 Å².